The van der Waals surface area contributed by atoms with Gasteiger partial charge in [-0.3, -0.25) is 9.59 Å². The lowest BCUT2D eigenvalue weighted by molar-refractivity contribution is -0.112. The lowest BCUT2D eigenvalue weighted by Crippen LogP contribution is -2.16. The number of amides is 1. The minimum Gasteiger partial charge on any atom is -0.497 e. The Hall–Kier alpha value is -3.44. The molecule has 1 aromatic heterocycles. The molecule has 0 spiro atoms. The number of nitrogens with one attached hydrogen (secondary N) is 1. The Morgan fingerprint density at radius 3 is 2.41 bits per heavy atom. The molecule has 150 valence electrons. The zero-order valence-electron chi connectivity index (χ0n) is 16.5. The van der Waals surface area contributed by atoms with Gasteiger partial charge in [0, 0.05) is 0 Å². The van der Waals surface area contributed by atoms with Crippen LogP contribution >= 0.6 is 11.3 Å². The number of ether oxygens (including phenoxy) is 2. The molecule has 0 radical (unpaired) electrons. The van der Waals surface area contributed by atoms with Crippen molar-refractivity contribution in [1.29, 1.82) is 5.26 Å². The van der Waals surface area contributed by atoms with Crippen molar-refractivity contribution in [2.75, 3.05) is 19.0 Å². The van der Waals surface area contributed by atoms with E-state index in [1.54, 1.807) is 45.2 Å². The van der Waals surface area contributed by atoms with Crippen LogP contribution in [-0.4, -0.2) is 31.4 Å². The summed E-state index contributed by atoms with van der Waals surface area (Å²) < 4.78 is 10.1. The predicted molar refractivity (Wildman–Crippen MR) is 110 cm³/mol. The molecule has 0 aliphatic carbocycles. The van der Waals surface area contributed by atoms with E-state index >= 15 is 0 Å². The average Bonchev–Trinajstić information content (AvgIpc) is 3.02. The number of thiophene rings is 1. The number of hydrogen-bond donors (Lipinski definition) is 1. The van der Waals surface area contributed by atoms with Gasteiger partial charge in [-0.25, -0.2) is 4.79 Å². The van der Waals surface area contributed by atoms with Crippen LogP contribution in [0.2, 0.25) is 0 Å². The number of Topliss-reactive ketones (excluding diaryl/α,β-unsaturated/α-hetero) is 1. The first-order chi connectivity index (χ1) is 13.8. The lowest BCUT2D eigenvalue weighted by atomic mass is 10.1. The fraction of sp³-hybridized carbons (Fsp3) is 0.238. The quantitative estimate of drug-likeness (QED) is 0.319. The van der Waals surface area contributed by atoms with Crippen LogP contribution in [0.1, 0.15) is 45.0 Å². The van der Waals surface area contributed by atoms with Crippen LogP contribution in [0.25, 0.3) is 6.08 Å². The molecule has 2 rings (SSSR count). The number of nitrogens with zero attached hydrogens (tertiary/aromatic N) is 1. The second-order valence-corrected chi connectivity index (χ2v) is 6.95. The third-order valence-corrected chi connectivity index (χ3v) is 5.27. The van der Waals surface area contributed by atoms with Crippen molar-refractivity contribution in [2.45, 2.75) is 20.8 Å². The van der Waals surface area contributed by atoms with Crippen LogP contribution in [0, 0.1) is 18.3 Å². The second-order valence-electron chi connectivity index (χ2n) is 5.93. The number of ketones is 1. The summed E-state index contributed by atoms with van der Waals surface area (Å²) in [6.07, 6.45) is 1.42. The van der Waals surface area contributed by atoms with Crippen LogP contribution < -0.4 is 10.1 Å². The molecule has 0 aliphatic rings. The number of carbonyl (C=O) groups is 3. The van der Waals surface area contributed by atoms with Gasteiger partial charge in [-0.05, 0) is 50.1 Å². The fourth-order valence-electron chi connectivity index (χ4n) is 2.57. The van der Waals surface area contributed by atoms with E-state index in [4.69, 9.17) is 9.47 Å². The molecule has 1 aromatic carbocycles. The Balaban J connectivity index is 2.37. The molecular weight excluding hydrogens is 392 g/mol. The summed E-state index contributed by atoms with van der Waals surface area (Å²) in [5.74, 6) is -0.908. The number of anilines is 1. The Kier molecular flexibility index (Phi) is 7.28. The highest BCUT2D eigenvalue weighted by Gasteiger charge is 2.26. The van der Waals surface area contributed by atoms with Crippen molar-refractivity contribution < 1.29 is 23.9 Å². The van der Waals surface area contributed by atoms with E-state index in [0.717, 1.165) is 11.3 Å². The van der Waals surface area contributed by atoms with Gasteiger partial charge in [-0.15, -0.1) is 11.3 Å². The molecule has 1 amide bonds. The average molecular weight is 412 g/mol. The number of hydrogen-bond acceptors (Lipinski definition) is 7. The molecule has 2 aromatic rings. The van der Waals surface area contributed by atoms with E-state index in [1.165, 1.54) is 13.0 Å². The van der Waals surface area contributed by atoms with Crippen molar-refractivity contribution in [3.63, 3.8) is 0 Å². The fourth-order valence-corrected chi connectivity index (χ4v) is 3.66. The van der Waals surface area contributed by atoms with E-state index in [1.807, 2.05) is 6.07 Å². The highest BCUT2D eigenvalue weighted by Crippen LogP contribution is 2.34. The number of methoxy groups -OCH3 is 1. The van der Waals surface area contributed by atoms with Crippen molar-refractivity contribution in [3.8, 4) is 11.8 Å². The molecule has 0 bridgehead atoms. The first-order valence-electron chi connectivity index (χ1n) is 8.71. The molecule has 0 unspecified atom stereocenters. The minimum absolute atomic E-state index is 0.122. The van der Waals surface area contributed by atoms with E-state index in [2.05, 4.69) is 5.32 Å². The van der Waals surface area contributed by atoms with E-state index < -0.39 is 11.9 Å². The molecule has 7 nitrogen and oxygen atoms in total. The number of carbonyl (C=O) groups excluding carboxylic acids is 3. The molecule has 0 aliphatic heterocycles. The standard InChI is InChI=1S/C21H20N2O5S/c1-5-28-21(26)17-12(2)18(13(3)24)29-20(17)23-19(25)15(11-22)10-14-6-8-16(27-4)9-7-14/h6-10H,5H2,1-4H3,(H,23,25). The molecular formula is C21H20N2O5S. The maximum absolute atomic E-state index is 12.6. The van der Waals surface area contributed by atoms with Crippen molar-refractivity contribution >= 4 is 40.1 Å². The molecule has 0 saturated heterocycles. The Morgan fingerprint density at radius 2 is 1.90 bits per heavy atom. The number of nitriles is 1. The van der Waals surface area contributed by atoms with E-state index in [9.17, 15) is 19.6 Å². The number of esters is 1. The largest absolute Gasteiger partial charge is 0.497 e. The highest BCUT2D eigenvalue weighted by atomic mass is 32.1. The molecule has 1 N–H and O–H groups in total. The van der Waals surface area contributed by atoms with Gasteiger partial charge < -0.3 is 14.8 Å². The van der Waals surface area contributed by atoms with Gasteiger partial charge in [0.2, 0.25) is 0 Å². The van der Waals surface area contributed by atoms with Crippen LogP contribution in [-0.2, 0) is 9.53 Å². The molecule has 0 saturated carbocycles. The minimum atomic E-state index is -0.690. The van der Waals surface area contributed by atoms with Crippen LogP contribution in [0.4, 0.5) is 5.00 Å². The topological polar surface area (TPSA) is 105 Å². The van der Waals surface area contributed by atoms with E-state index in [0.29, 0.717) is 21.8 Å². The van der Waals surface area contributed by atoms with Crippen LogP contribution in [0.5, 0.6) is 5.75 Å². The molecule has 0 fully saturated rings. The third-order valence-electron chi connectivity index (χ3n) is 3.97. The molecule has 29 heavy (non-hydrogen) atoms. The summed E-state index contributed by atoms with van der Waals surface area (Å²) in [6, 6.07) is 8.68. The summed E-state index contributed by atoms with van der Waals surface area (Å²) in [5.41, 5.74) is 1.04. The summed E-state index contributed by atoms with van der Waals surface area (Å²) in [6.45, 7) is 4.81. The maximum Gasteiger partial charge on any atom is 0.341 e. The zero-order valence-corrected chi connectivity index (χ0v) is 17.3. The van der Waals surface area contributed by atoms with E-state index in [-0.39, 0.29) is 28.5 Å². The van der Waals surface area contributed by atoms with Gasteiger partial charge in [-0.2, -0.15) is 5.26 Å². The number of rotatable bonds is 7. The van der Waals surface area contributed by atoms with Gasteiger partial charge in [-0.1, -0.05) is 12.1 Å². The Bertz CT molecular complexity index is 1010. The highest BCUT2D eigenvalue weighted by molar-refractivity contribution is 7.18. The van der Waals surface area contributed by atoms with Crippen LogP contribution in [0.15, 0.2) is 29.8 Å². The maximum atomic E-state index is 12.6. The first-order valence-corrected chi connectivity index (χ1v) is 9.52. The molecule has 0 atom stereocenters. The summed E-state index contributed by atoms with van der Waals surface area (Å²) in [5, 5.41) is 12.1. The smallest absolute Gasteiger partial charge is 0.341 e. The predicted octanol–water partition coefficient (Wildman–Crippen LogP) is 3.99. The van der Waals surface area contributed by atoms with Crippen molar-refractivity contribution in [2.24, 2.45) is 0 Å². The van der Waals surface area contributed by atoms with Gasteiger partial charge >= 0.3 is 5.97 Å². The van der Waals surface area contributed by atoms with Crippen LogP contribution in [0.3, 0.4) is 0 Å². The lowest BCUT2D eigenvalue weighted by Gasteiger charge is -2.07. The summed E-state index contributed by atoms with van der Waals surface area (Å²) >= 11 is 0.980. The normalized spacial score (nSPS) is 10.8. The zero-order chi connectivity index (χ0) is 21.6. The Morgan fingerprint density at radius 1 is 1.24 bits per heavy atom. The SMILES string of the molecule is CCOC(=O)c1c(NC(=O)C(C#N)=Cc2ccc(OC)cc2)sc(C(C)=O)c1C. The van der Waals surface area contributed by atoms with Crippen molar-refractivity contribution in [3.05, 3.63) is 51.4 Å². The number of benzene rings is 1. The van der Waals surface area contributed by atoms with Gasteiger partial charge in [0.05, 0.1) is 24.2 Å². The van der Waals surface area contributed by atoms with Crippen molar-refractivity contribution in [1.82, 2.24) is 0 Å². The first kappa shape index (κ1) is 21.9. The van der Waals surface area contributed by atoms with Gasteiger partial charge in [0.25, 0.3) is 5.91 Å². The monoisotopic (exact) mass is 412 g/mol. The summed E-state index contributed by atoms with van der Waals surface area (Å²) in [7, 11) is 1.54. The summed E-state index contributed by atoms with van der Waals surface area (Å²) in [4.78, 5) is 37.2. The third kappa shape index (κ3) is 5.09. The van der Waals surface area contributed by atoms with Gasteiger partial charge in [0.1, 0.15) is 22.4 Å². The molecule has 1 heterocycles. The Labute approximate surface area is 172 Å². The second kappa shape index (κ2) is 9.66. The van der Waals surface area contributed by atoms with Gasteiger partial charge in [0.15, 0.2) is 5.78 Å². The molecule has 8 heteroatoms.